The lowest BCUT2D eigenvalue weighted by atomic mass is 10.3. The van der Waals surface area contributed by atoms with Crippen molar-refractivity contribution < 1.29 is 4.79 Å². The molecule has 1 heterocycles. The van der Waals surface area contributed by atoms with Crippen molar-refractivity contribution in [1.29, 1.82) is 0 Å². The van der Waals surface area contributed by atoms with Crippen molar-refractivity contribution in [3.63, 3.8) is 0 Å². The molecule has 3 nitrogen and oxygen atoms in total. The Kier molecular flexibility index (Phi) is 2.46. The number of nitrogens with zero attached hydrogens (tertiary/aromatic N) is 1. The number of halogens is 2. The normalized spacial score (nSPS) is 9.64. The molecule has 1 aromatic heterocycles. The summed E-state index contributed by atoms with van der Waals surface area (Å²) in [6, 6.07) is 1.46. The van der Waals surface area contributed by atoms with Crippen LogP contribution in [0.4, 0.5) is 0 Å². The van der Waals surface area contributed by atoms with Gasteiger partial charge in [0.1, 0.15) is 4.60 Å². The van der Waals surface area contributed by atoms with E-state index < -0.39 is 5.91 Å². The first-order valence-corrected chi connectivity index (χ1v) is 3.89. The number of hydrogen-bond acceptors (Lipinski definition) is 2. The topological polar surface area (TPSA) is 56.0 Å². The van der Waals surface area contributed by atoms with Crippen LogP contribution >= 0.6 is 27.5 Å². The first kappa shape index (κ1) is 8.49. The van der Waals surface area contributed by atoms with Gasteiger partial charge in [-0.15, -0.1) is 0 Å². The number of amides is 1. The first-order chi connectivity index (χ1) is 5.11. The summed E-state index contributed by atoms with van der Waals surface area (Å²) >= 11 is 8.72. The fourth-order valence-electron chi connectivity index (χ4n) is 0.556. The predicted molar refractivity (Wildman–Crippen MR) is 45.5 cm³/mol. The maximum Gasteiger partial charge on any atom is 0.250 e. The smallest absolute Gasteiger partial charge is 0.250 e. The molecular weight excluding hydrogens is 231 g/mol. The lowest BCUT2D eigenvalue weighted by Gasteiger charge is -1.96. The number of hydrogen-bond donors (Lipinski definition) is 1. The Morgan fingerprint density at radius 2 is 2.36 bits per heavy atom. The standard InChI is InChI=1S/C6H4BrClN2O/c7-5-4(8)1-3(2-10-5)6(9)11/h1-2H,(H2,9,11). The molecule has 0 aliphatic heterocycles. The zero-order valence-electron chi connectivity index (χ0n) is 5.34. The van der Waals surface area contributed by atoms with E-state index in [-0.39, 0.29) is 0 Å². The van der Waals surface area contributed by atoms with Gasteiger partial charge in [0.05, 0.1) is 10.6 Å². The summed E-state index contributed by atoms with van der Waals surface area (Å²) in [7, 11) is 0. The second-order valence-corrected chi connectivity index (χ2v) is 3.02. The van der Waals surface area contributed by atoms with E-state index in [0.717, 1.165) is 0 Å². The molecule has 0 bridgehead atoms. The molecule has 0 fully saturated rings. The molecule has 1 aromatic rings. The molecule has 0 saturated heterocycles. The number of pyridine rings is 1. The molecule has 0 radical (unpaired) electrons. The number of carbonyl (C=O) groups excluding carboxylic acids is 1. The fourth-order valence-corrected chi connectivity index (χ4v) is 0.939. The van der Waals surface area contributed by atoms with Gasteiger partial charge in [-0.25, -0.2) is 4.98 Å². The minimum atomic E-state index is -0.535. The molecule has 0 unspecified atom stereocenters. The highest BCUT2D eigenvalue weighted by Crippen LogP contribution is 2.19. The molecule has 0 aliphatic carbocycles. The van der Waals surface area contributed by atoms with E-state index in [2.05, 4.69) is 20.9 Å². The van der Waals surface area contributed by atoms with Crippen LogP contribution in [0.3, 0.4) is 0 Å². The minimum Gasteiger partial charge on any atom is -0.366 e. The minimum absolute atomic E-state index is 0.304. The Balaban J connectivity index is 3.15. The van der Waals surface area contributed by atoms with Gasteiger partial charge >= 0.3 is 0 Å². The molecule has 5 heteroatoms. The fraction of sp³-hybridized carbons (Fsp3) is 0. The molecule has 11 heavy (non-hydrogen) atoms. The van der Waals surface area contributed by atoms with Crippen LogP contribution in [-0.2, 0) is 0 Å². The largest absolute Gasteiger partial charge is 0.366 e. The van der Waals surface area contributed by atoms with E-state index in [0.29, 0.717) is 15.2 Å². The van der Waals surface area contributed by atoms with Crippen LogP contribution in [0.25, 0.3) is 0 Å². The van der Waals surface area contributed by atoms with Crippen LogP contribution in [0.15, 0.2) is 16.9 Å². The van der Waals surface area contributed by atoms with E-state index >= 15 is 0 Å². The molecule has 1 amide bonds. The third kappa shape index (κ3) is 1.91. The lowest BCUT2D eigenvalue weighted by Crippen LogP contribution is -2.11. The molecule has 0 aromatic carbocycles. The number of carbonyl (C=O) groups is 1. The van der Waals surface area contributed by atoms with Crippen LogP contribution in [0.2, 0.25) is 5.02 Å². The Labute approximate surface area is 76.7 Å². The monoisotopic (exact) mass is 234 g/mol. The van der Waals surface area contributed by atoms with Gasteiger partial charge in [-0.3, -0.25) is 4.79 Å². The average Bonchev–Trinajstić information content (AvgIpc) is 1.94. The van der Waals surface area contributed by atoms with Gasteiger partial charge < -0.3 is 5.73 Å². The SMILES string of the molecule is NC(=O)c1cnc(Br)c(Cl)c1. The van der Waals surface area contributed by atoms with Gasteiger partial charge in [-0.1, -0.05) is 11.6 Å². The summed E-state index contributed by atoms with van der Waals surface area (Å²) in [6.45, 7) is 0. The van der Waals surface area contributed by atoms with Gasteiger partial charge in [0.25, 0.3) is 0 Å². The quantitative estimate of drug-likeness (QED) is 0.752. The summed E-state index contributed by atoms with van der Waals surface area (Å²) in [5, 5.41) is 0.376. The van der Waals surface area contributed by atoms with E-state index in [1.165, 1.54) is 12.3 Å². The molecule has 1 rings (SSSR count). The molecule has 58 valence electrons. The molecule has 0 aliphatic rings. The van der Waals surface area contributed by atoms with Crippen molar-refractivity contribution in [2.45, 2.75) is 0 Å². The van der Waals surface area contributed by atoms with Gasteiger partial charge in [-0.05, 0) is 22.0 Å². The Morgan fingerprint density at radius 3 is 2.82 bits per heavy atom. The number of rotatable bonds is 1. The highest BCUT2D eigenvalue weighted by atomic mass is 79.9. The van der Waals surface area contributed by atoms with Crippen molar-refractivity contribution in [2.75, 3.05) is 0 Å². The van der Waals surface area contributed by atoms with E-state index in [9.17, 15) is 4.79 Å². The molecule has 0 spiro atoms. The van der Waals surface area contributed by atoms with Crippen molar-refractivity contribution in [3.05, 3.63) is 27.5 Å². The van der Waals surface area contributed by atoms with Crippen LogP contribution in [0, 0.1) is 0 Å². The maximum absolute atomic E-state index is 10.6. The van der Waals surface area contributed by atoms with Crippen LogP contribution < -0.4 is 5.73 Å². The highest BCUT2D eigenvalue weighted by Gasteiger charge is 2.03. The average molecular weight is 235 g/mol. The molecule has 2 N–H and O–H groups in total. The van der Waals surface area contributed by atoms with Crippen molar-refractivity contribution in [2.24, 2.45) is 5.73 Å². The van der Waals surface area contributed by atoms with Gasteiger partial charge in [0.2, 0.25) is 5.91 Å². The zero-order chi connectivity index (χ0) is 8.43. The summed E-state index contributed by atoms with van der Waals surface area (Å²) in [5.41, 5.74) is 5.28. The van der Waals surface area contributed by atoms with Crippen molar-refractivity contribution in [3.8, 4) is 0 Å². The Bertz CT molecular complexity index is 303. The van der Waals surface area contributed by atoms with Crippen molar-refractivity contribution in [1.82, 2.24) is 4.98 Å². The summed E-state index contributed by atoms with van der Waals surface area (Å²) in [6.07, 6.45) is 1.36. The highest BCUT2D eigenvalue weighted by molar-refractivity contribution is 9.10. The van der Waals surface area contributed by atoms with Crippen molar-refractivity contribution >= 4 is 33.4 Å². The van der Waals surface area contributed by atoms with E-state index in [1.54, 1.807) is 0 Å². The Morgan fingerprint density at radius 1 is 1.73 bits per heavy atom. The van der Waals surface area contributed by atoms with Crippen LogP contribution in [0.5, 0.6) is 0 Å². The summed E-state index contributed by atoms with van der Waals surface area (Å²) < 4.78 is 0.504. The zero-order valence-corrected chi connectivity index (χ0v) is 7.69. The molecular formula is C6H4BrClN2O. The second-order valence-electron chi connectivity index (χ2n) is 1.86. The second kappa shape index (κ2) is 3.19. The van der Waals surface area contributed by atoms with E-state index in [4.69, 9.17) is 17.3 Å². The third-order valence-electron chi connectivity index (χ3n) is 1.08. The maximum atomic E-state index is 10.6. The van der Waals surface area contributed by atoms with Gasteiger partial charge in [-0.2, -0.15) is 0 Å². The number of primary amides is 1. The van der Waals surface area contributed by atoms with Gasteiger partial charge in [0.15, 0.2) is 0 Å². The lowest BCUT2D eigenvalue weighted by molar-refractivity contribution is 0.1000. The third-order valence-corrected chi connectivity index (χ3v) is 2.23. The van der Waals surface area contributed by atoms with E-state index in [1.807, 2.05) is 0 Å². The number of aromatic nitrogens is 1. The number of nitrogens with two attached hydrogens (primary N) is 1. The summed E-state index contributed by atoms with van der Waals surface area (Å²) in [5.74, 6) is -0.535. The van der Waals surface area contributed by atoms with Crippen LogP contribution in [-0.4, -0.2) is 10.9 Å². The summed E-state index contributed by atoms with van der Waals surface area (Å²) in [4.78, 5) is 14.4. The molecule has 0 saturated carbocycles. The first-order valence-electron chi connectivity index (χ1n) is 2.72. The predicted octanol–water partition coefficient (Wildman–Crippen LogP) is 1.60. The van der Waals surface area contributed by atoms with Gasteiger partial charge in [0, 0.05) is 6.20 Å². The molecule has 0 atom stereocenters. The Hall–Kier alpha value is -0.610. The van der Waals surface area contributed by atoms with Crippen LogP contribution in [0.1, 0.15) is 10.4 Å².